The van der Waals surface area contributed by atoms with Crippen LogP contribution in [0.1, 0.15) is 56.3 Å². The summed E-state index contributed by atoms with van der Waals surface area (Å²) in [4.78, 5) is 26.7. The molecule has 2 aromatic carbocycles. The van der Waals surface area contributed by atoms with Crippen molar-refractivity contribution in [2.45, 2.75) is 32.9 Å². The predicted molar refractivity (Wildman–Crippen MR) is 101 cm³/mol. The summed E-state index contributed by atoms with van der Waals surface area (Å²) in [6.45, 7) is 3.43. The summed E-state index contributed by atoms with van der Waals surface area (Å²) in [5.41, 5.74) is 3.27. The van der Waals surface area contributed by atoms with E-state index in [0.29, 0.717) is 35.0 Å². The Hall–Kier alpha value is -2.53. The van der Waals surface area contributed by atoms with E-state index in [-0.39, 0.29) is 28.5 Å². The van der Waals surface area contributed by atoms with Gasteiger partial charge in [0, 0.05) is 18.1 Å². The first kappa shape index (κ1) is 18.8. The molecule has 1 heterocycles. The molecule has 0 spiro atoms. The minimum Gasteiger partial charge on any atom is -1.00 e. The molecule has 0 radical (unpaired) electrons. The number of hydrogen-bond acceptors (Lipinski definition) is 2. The number of benzene rings is 2. The first-order chi connectivity index (χ1) is 13.1. The van der Waals surface area contributed by atoms with Gasteiger partial charge in [0.25, 0.3) is 5.82 Å². The summed E-state index contributed by atoms with van der Waals surface area (Å²) < 4.78 is 4.12. The van der Waals surface area contributed by atoms with E-state index in [9.17, 15) is 9.59 Å². The number of ketones is 2. The molecule has 1 saturated carbocycles. The molecule has 0 bridgehead atoms. The van der Waals surface area contributed by atoms with Crippen molar-refractivity contribution in [2.75, 3.05) is 0 Å². The van der Waals surface area contributed by atoms with E-state index in [1.165, 1.54) is 12.8 Å². The van der Waals surface area contributed by atoms with Crippen LogP contribution in [-0.4, -0.2) is 16.1 Å². The maximum atomic E-state index is 13.3. The van der Waals surface area contributed by atoms with Crippen LogP contribution in [-0.2, 0) is 13.1 Å². The number of carbonyl (C=O) groups excluding carboxylic acids is 2. The highest BCUT2D eigenvalue weighted by Crippen LogP contribution is 2.34. The van der Waals surface area contributed by atoms with Gasteiger partial charge in [-0.2, -0.15) is 0 Å². The van der Waals surface area contributed by atoms with Crippen LogP contribution in [0.4, 0.5) is 0 Å². The lowest BCUT2D eigenvalue weighted by molar-refractivity contribution is -0.695. The molecule has 4 nitrogen and oxygen atoms in total. The predicted octanol–water partition coefficient (Wildman–Crippen LogP) is 0.322. The number of halogens is 1. The molecule has 5 rings (SSSR count). The Bertz CT molecular complexity index is 1080. The van der Waals surface area contributed by atoms with Crippen LogP contribution in [0.5, 0.6) is 0 Å². The van der Waals surface area contributed by atoms with Gasteiger partial charge in [0.1, 0.15) is 6.54 Å². The molecule has 1 fully saturated rings. The molecule has 0 saturated heterocycles. The molecule has 1 aromatic heterocycles. The van der Waals surface area contributed by atoms with Gasteiger partial charge < -0.3 is 17.0 Å². The molecule has 0 N–H and O–H groups in total. The average molecular weight is 437 g/mol. The summed E-state index contributed by atoms with van der Waals surface area (Å²) in [6, 6.07) is 17.3. The van der Waals surface area contributed by atoms with Crippen LogP contribution in [0.25, 0.3) is 0 Å². The van der Waals surface area contributed by atoms with Gasteiger partial charge >= 0.3 is 0 Å². The second kappa shape index (κ2) is 7.13. The summed E-state index contributed by atoms with van der Waals surface area (Å²) in [5.74, 6) is 1.51. The minimum absolute atomic E-state index is 0. The standard InChI is InChI=1S/C23H21N2O2.BrH/c1-15-24(13-16-7-3-2-4-8-16)20-21(25(15)14-17-11-12-17)23(27)19-10-6-5-9-18(19)22(20)26;/h2-10,17H,11-14H2,1H3;1H/q+1;/p-1. The highest BCUT2D eigenvalue weighted by molar-refractivity contribution is 6.26. The number of aromatic nitrogens is 2. The van der Waals surface area contributed by atoms with E-state index in [2.05, 4.69) is 16.7 Å². The Kier molecular flexibility index (Phi) is 4.79. The maximum absolute atomic E-state index is 13.3. The van der Waals surface area contributed by atoms with Gasteiger partial charge in [-0.1, -0.05) is 54.6 Å². The number of hydrogen-bond donors (Lipinski definition) is 0. The Morgan fingerprint density at radius 2 is 1.54 bits per heavy atom. The van der Waals surface area contributed by atoms with Gasteiger partial charge in [-0.15, -0.1) is 0 Å². The number of nitrogens with zero attached hydrogens (tertiary/aromatic N) is 2. The lowest BCUT2D eigenvalue weighted by Crippen LogP contribution is -3.00. The van der Waals surface area contributed by atoms with Crippen LogP contribution in [0, 0.1) is 12.8 Å². The third kappa shape index (κ3) is 2.94. The molecule has 0 aliphatic heterocycles. The van der Waals surface area contributed by atoms with Crippen LogP contribution < -0.4 is 21.5 Å². The van der Waals surface area contributed by atoms with Crippen molar-refractivity contribution >= 4 is 11.6 Å². The molecule has 0 unspecified atom stereocenters. The largest absolute Gasteiger partial charge is 1.00 e. The maximum Gasteiger partial charge on any atom is 0.254 e. The average Bonchev–Trinajstić information content (AvgIpc) is 3.48. The number of rotatable bonds is 4. The molecule has 28 heavy (non-hydrogen) atoms. The molecule has 2 aliphatic carbocycles. The quantitative estimate of drug-likeness (QED) is 0.432. The van der Waals surface area contributed by atoms with Gasteiger partial charge in [0.2, 0.25) is 23.0 Å². The van der Waals surface area contributed by atoms with Crippen LogP contribution in [0.2, 0.25) is 0 Å². The molecule has 2 aliphatic rings. The topological polar surface area (TPSA) is 43.0 Å². The second-order valence-corrected chi connectivity index (χ2v) is 7.57. The number of fused-ring (bicyclic) bond motifs is 2. The molecule has 142 valence electrons. The molecular formula is C23H21BrN2O2. The zero-order valence-corrected chi connectivity index (χ0v) is 17.3. The fourth-order valence-corrected chi connectivity index (χ4v) is 4.06. The van der Waals surface area contributed by atoms with Crippen molar-refractivity contribution in [3.05, 3.63) is 88.5 Å². The van der Waals surface area contributed by atoms with Crippen LogP contribution >= 0.6 is 0 Å². The zero-order valence-electron chi connectivity index (χ0n) is 15.7. The minimum atomic E-state index is -0.0474. The van der Waals surface area contributed by atoms with Crippen molar-refractivity contribution < 1.29 is 31.1 Å². The lowest BCUT2D eigenvalue weighted by atomic mass is 9.90. The molecule has 0 amide bonds. The second-order valence-electron chi connectivity index (χ2n) is 7.57. The SMILES string of the molecule is Cc1n(CC2CC2)c2c([n+]1Cc1ccccc1)C(=O)c1ccccc1C2=O.[Br-]. The van der Waals surface area contributed by atoms with E-state index in [1.54, 1.807) is 12.1 Å². The molecule has 0 atom stereocenters. The first-order valence-corrected chi connectivity index (χ1v) is 9.50. The van der Waals surface area contributed by atoms with E-state index in [0.717, 1.165) is 17.9 Å². The van der Waals surface area contributed by atoms with E-state index in [4.69, 9.17) is 0 Å². The summed E-state index contributed by atoms with van der Waals surface area (Å²) in [7, 11) is 0. The van der Waals surface area contributed by atoms with Crippen molar-refractivity contribution in [3.63, 3.8) is 0 Å². The number of carbonyl (C=O) groups is 2. The van der Waals surface area contributed by atoms with Crippen molar-refractivity contribution in [2.24, 2.45) is 5.92 Å². The summed E-state index contributed by atoms with van der Waals surface area (Å²) >= 11 is 0. The summed E-state index contributed by atoms with van der Waals surface area (Å²) in [5, 5.41) is 0. The van der Waals surface area contributed by atoms with E-state index in [1.807, 2.05) is 41.8 Å². The number of imidazole rings is 1. The summed E-state index contributed by atoms with van der Waals surface area (Å²) in [6.07, 6.45) is 2.40. The molecule has 5 heteroatoms. The Labute approximate surface area is 174 Å². The van der Waals surface area contributed by atoms with Crippen molar-refractivity contribution in [3.8, 4) is 0 Å². The Balaban J connectivity index is 0.00000192. The lowest BCUT2D eigenvalue weighted by Gasteiger charge is -2.13. The third-order valence-corrected chi connectivity index (χ3v) is 5.71. The van der Waals surface area contributed by atoms with Gasteiger partial charge in [-0.3, -0.25) is 9.59 Å². The highest BCUT2D eigenvalue weighted by Gasteiger charge is 2.44. The smallest absolute Gasteiger partial charge is 0.254 e. The van der Waals surface area contributed by atoms with Crippen LogP contribution in [0.15, 0.2) is 54.6 Å². The zero-order chi connectivity index (χ0) is 18.5. The van der Waals surface area contributed by atoms with Gasteiger partial charge in [0.05, 0.1) is 6.54 Å². The molecule has 3 aromatic rings. The monoisotopic (exact) mass is 436 g/mol. The van der Waals surface area contributed by atoms with Crippen molar-refractivity contribution in [1.29, 1.82) is 0 Å². The van der Waals surface area contributed by atoms with Crippen molar-refractivity contribution in [1.82, 2.24) is 4.57 Å². The van der Waals surface area contributed by atoms with Gasteiger partial charge in [-0.25, -0.2) is 9.13 Å². The van der Waals surface area contributed by atoms with E-state index < -0.39 is 0 Å². The molecular weight excluding hydrogens is 416 g/mol. The van der Waals surface area contributed by atoms with E-state index >= 15 is 0 Å². The van der Waals surface area contributed by atoms with Gasteiger partial charge in [0.15, 0.2) is 0 Å². The van der Waals surface area contributed by atoms with Gasteiger partial charge in [-0.05, 0) is 24.3 Å². The fourth-order valence-electron chi connectivity index (χ4n) is 4.06. The highest BCUT2D eigenvalue weighted by atomic mass is 79.9. The first-order valence-electron chi connectivity index (χ1n) is 9.50. The normalized spacial score (nSPS) is 15.0. The third-order valence-electron chi connectivity index (χ3n) is 5.71. The van der Waals surface area contributed by atoms with Crippen LogP contribution in [0.3, 0.4) is 0 Å². The Morgan fingerprint density at radius 1 is 0.929 bits per heavy atom. The Morgan fingerprint density at radius 3 is 2.18 bits per heavy atom. The fraction of sp³-hybridized carbons (Fsp3) is 0.261.